The summed E-state index contributed by atoms with van der Waals surface area (Å²) < 4.78 is 2.43. The summed E-state index contributed by atoms with van der Waals surface area (Å²) >= 11 is 0. The number of nitrogens with one attached hydrogen (secondary N) is 1. The highest BCUT2D eigenvalue weighted by Crippen LogP contribution is 2.43. The molecular weight excluding hydrogens is 775 g/mol. The normalized spacial score (nSPS) is 12.6. The van der Waals surface area contributed by atoms with Crippen LogP contribution in [-0.4, -0.2) is 9.55 Å². The van der Waals surface area contributed by atoms with Crippen molar-refractivity contribution in [2.45, 2.75) is 6.42 Å². The number of fused-ring (bicyclic) bond motifs is 6. The van der Waals surface area contributed by atoms with Crippen LogP contribution in [0.3, 0.4) is 0 Å². The van der Waals surface area contributed by atoms with E-state index in [1.165, 1.54) is 82.8 Å². The molecule has 0 atom stereocenters. The molecule has 1 aliphatic rings. The maximum absolute atomic E-state index is 3.79. The van der Waals surface area contributed by atoms with Crippen molar-refractivity contribution in [3.05, 3.63) is 243 Å². The quantitative estimate of drug-likeness (QED) is 0.162. The third-order valence-electron chi connectivity index (χ3n) is 12.8. The van der Waals surface area contributed by atoms with Gasteiger partial charge in [-0.15, -0.1) is 0 Å². The summed E-state index contributed by atoms with van der Waals surface area (Å²) in [5.41, 5.74) is 18.9. The second-order valence-electron chi connectivity index (χ2n) is 16.5. The molecule has 11 aromatic rings. The van der Waals surface area contributed by atoms with Crippen LogP contribution in [0.4, 0.5) is 17.1 Å². The van der Waals surface area contributed by atoms with Crippen molar-refractivity contribution in [1.82, 2.24) is 9.55 Å². The number of aromatic nitrogens is 2. The Hall–Kier alpha value is -8.40. The minimum Gasteiger partial charge on any atom is -0.354 e. The van der Waals surface area contributed by atoms with Crippen LogP contribution < -0.4 is 4.90 Å². The highest BCUT2D eigenvalue weighted by molar-refractivity contribution is 6.20. The Labute approximate surface area is 372 Å². The van der Waals surface area contributed by atoms with Crippen molar-refractivity contribution in [2.24, 2.45) is 0 Å². The molecule has 64 heavy (non-hydrogen) atoms. The third kappa shape index (κ3) is 6.54. The van der Waals surface area contributed by atoms with E-state index >= 15 is 0 Å². The van der Waals surface area contributed by atoms with Crippen LogP contribution in [0.25, 0.3) is 93.8 Å². The molecule has 12 rings (SSSR count). The van der Waals surface area contributed by atoms with E-state index in [2.05, 4.69) is 257 Å². The van der Waals surface area contributed by atoms with Crippen molar-refractivity contribution < 1.29 is 0 Å². The SMILES string of the molecule is C1=CC=C(n2c3ccccc3c3cc(-c4cccc5[nH]c6cccc(-c7ccc(N(c8ccc(-c9ccccc9)cc8)c8ccc(-c9ccccc9)cc8)cc7)c6c45)ccc32)CC=C1. The van der Waals surface area contributed by atoms with Gasteiger partial charge < -0.3 is 14.5 Å². The van der Waals surface area contributed by atoms with Gasteiger partial charge in [0, 0.05) is 61.8 Å². The molecule has 0 radical (unpaired) electrons. The number of H-pyrrole nitrogens is 1. The molecule has 1 aliphatic carbocycles. The number of rotatable bonds is 8. The summed E-state index contributed by atoms with van der Waals surface area (Å²) in [7, 11) is 0. The van der Waals surface area contributed by atoms with Gasteiger partial charge in [0.1, 0.15) is 0 Å². The van der Waals surface area contributed by atoms with E-state index in [9.17, 15) is 0 Å². The van der Waals surface area contributed by atoms with Crippen LogP contribution >= 0.6 is 0 Å². The van der Waals surface area contributed by atoms with E-state index in [1.54, 1.807) is 0 Å². The zero-order valence-electron chi connectivity index (χ0n) is 35.2. The standard InChI is InChI=1S/C61H43N3/c1-2-10-20-48(19-9-1)64-58-26-12-11-21-54(58)55-41-47(33-40-59(55)64)53-23-14-25-57-61(53)60-52(22-13-24-56(60)62-57)46-31-38-51(39-32-46)63(49-34-27-44(28-35-49)42-15-5-3-6-16-42)50-36-29-45(30-37-50)43-17-7-4-8-18-43/h1-19,21-41,62H,20H2. The van der Waals surface area contributed by atoms with Crippen LogP contribution in [0.2, 0.25) is 0 Å². The maximum Gasteiger partial charge on any atom is 0.0538 e. The number of hydrogen-bond acceptors (Lipinski definition) is 1. The second kappa shape index (κ2) is 15.8. The summed E-state index contributed by atoms with van der Waals surface area (Å²) in [6, 6.07) is 77.2. The molecule has 0 spiro atoms. The van der Waals surface area contributed by atoms with Crippen LogP contribution in [-0.2, 0) is 0 Å². The summed E-state index contributed by atoms with van der Waals surface area (Å²) in [5, 5.41) is 4.99. The number of hydrogen-bond donors (Lipinski definition) is 1. The Morgan fingerprint density at radius 3 is 1.48 bits per heavy atom. The Morgan fingerprint density at radius 1 is 0.375 bits per heavy atom. The Bertz CT molecular complexity index is 3500. The van der Waals surface area contributed by atoms with Crippen molar-refractivity contribution in [3.63, 3.8) is 0 Å². The number of allylic oxidation sites excluding steroid dienone is 6. The average Bonchev–Trinajstić information content (AvgIpc) is 3.78. The largest absolute Gasteiger partial charge is 0.354 e. The molecule has 0 bridgehead atoms. The molecule has 0 fully saturated rings. The molecule has 0 unspecified atom stereocenters. The summed E-state index contributed by atoms with van der Waals surface area (Å²) in [6.07, 6.45) is 11.7. The van der Waals surface area contributed by atoms with Crippen molar-refractivity contribution >= 4 is 66.4 Å². The van der Waals surface area contributed by atoms with Gasteiger partial charge in [-0.25, -0.2) is 0 Å². The van der Waals surface area contributed by atoms with Crippen LogP contribution in [0, 0.1) is 0 Å². The molecule has 2 aromatic heterocycles. The van der Waals surface area contributed by atoms with Gasteiger partial charge in [0.15, 0.2) is 0 Å². The van der Waals surface area contributed by atoms with Gasteiger partial charge in [0.2, 0.25) is 0 Å². The predicted molar refractivity (Wildman–Crippen MR) is 272 cm³/mol. The molecule has 3 heteroatoms. The third-order valence-corrected chi connectivity index (χ3v) is 12.8. The summed E-state index contributed by atoms with van der Waals surface area (Å²) in [4.78, 5) is 6.14. The molecule has 0 saturated carbocycles. The van der Waals surface area contributed by atoms with E-state index in [4.69, 9.17) is 0 Å². The number of aromatic amines is 1. The molecule has 0 amide bonds. The lowest BCUT2D eigenvalue weighted by molar-refractivity contribution is 1.14. The summed E-state index contributed by atoms with van der Waals surface area (Å²) in [6.45, 7) is 0. The van der Waals surface area contributed by atoms with Gasteiger partial charge in [-0.2, -0.15) is 0 Å². The molecule has 0 aliphatic heterocycles. The molecule has 1 N–H and O–H groups in total. The molecule has 3 nitrogen and oxygen atoms in total. The van der Waals surface area contributed by atoms with E-state index in [1.807, 2.05) is 0 Å². The average molecular weight is 818 g/mol. The first-order valence-electron chi connectivity index (χ1n) is 22.1. The molecule has 9 aromatic carbocycles. The smallest absolute Gasteiger partial charge is 0.0538 e. The van der Waals surface area contributed by atoms with E-state index in [0.29, 0.717) is 0 Å². The van der Waals surface area contributed by atoms with Gasteiger partial charge in [-0.1, -0.05) is 170 Å². The van der Waals surface area contributed by atoms with Gasteiger partial charge in [-0.3, -0.25) is 0 Å². The summed E-state index contributed by atoms with van der Waals surface area (Å²) in [5.74, 6) is 0. The lowest BCUT2D eigenvalue weighted by Gasteiger charge is -2.26. The Morgan fingerprint density at radius 2 is 0.875 bits per heavy atom. The Kier molecular flexibility index (Phi) is 9.23. The fourth-order valence-corrected chi connectivity index (χ4v) is 9.76. The number of para-hydroxylation sites is 1. The van der Waals surface area contributed by atoms with Crippen LogP contribution in [0.1, 0.15) is 6.42 Å². The molecule has 0 saturated heterocycles. The molecule has 2 heterocycles. The molecule has 302 valence electrons. The monoisotopic (exact) mass is 817 g/mol. The minimum absolute atomic E-state index is 0.878. The highest BCUT2D eigenvalue weighted by Gasteiger charge is 2.19. The number of benzene rings is 9. The van der Waals surface area contributed by atoms with Gasteiger partial charge >= 0.3 is 0 Å². The first-order valence-corrected chi connectivity index (χ1v) is 22.1. The first kappa shape index (κ1) is 37.4. The van der Waals surface area contributed by atoms with Crippen molar-refractivity contribution in [3.8, 4) is 44.5 Å². The predicted octanol–water partition coefficient (Wildman–Crippen LogP) is 16.9. The minimum atomic E-state index is 0.878. The topological polar surface area (TPSA) is 24.0 Å². The van der Waals surface area contributed by atoms with Crippen LogP contribution in [0.15, 0.2) is 243 Å². The van der Waals surface area contributed by atoms with Gasteiger partial charge in [-0.05, 0) is 117 Å². The van der Waals surface area contributed by atoms with Gasteiger partial charge in [0.05, 0.1) is 11.0 Å². The molecular formula is C61H43N3. The zero-order chi connectivity index (χ0) is 42.4. The fourth-order valence-electron chi connectivity index (χ4n) is 9.76. The fraction of sp³-hybridized carbons (Fsp3) is 0.0164. The van der Waals surface area contributed by atoms with E-state index < -0.39 is 0 Å². The number of nitrogens with zero attached hydrogens (tertiary/aromatic N) is 2. The van der Waals surface area contributed by atoms with Gasteiger partial charge in [0.25, 0.3) is 0 Å². The van der Waals surface area contributed by atoms with Crippen LogP contribution in [0.5, 0.6) is 0 Å². The van der Waals surface area contributed by atoms with E-state index in [0.717, 1.165) is 34.5 Å². The Balaban J connectivity index is 0.958. The van der Waals surface area contributed by atoms with Crippen molar-refractivity contribution in [2.75, 3.05) is 4.90 Å². The lowest BCUT2D eigenvalue weighted by Crippen LogP contribution is -2.09. The maximum atomic E-state index is 3.79. The zero-order valence-corrected chi connectivity index (χ0v) is 35.2. The van der Waals surface area contributed by atoms with E-state index in [-0.39, 0.29) is 0 Å². The lowest BCUT2D eigenvalue weighted by atomic mass is 9.94. The first-order chi connectivity index (χ1) is 31.7. The highest BCUT2D eigenvalue weighted by atomic mass is 15.1. The second-order valence-corrected chi connectivity index (χ2v) is 16.5. The number of anilines is 3. The van der Waals surface area contributed by atoms with Crippen molar-refractivity contribution in [1.29, 1.82) is 0 Å².